The molecule has 1 atom stereocenters. The molecule has 0 N–H and O–H groups in total. The van der Waals surface area contributed by atoms with Crippen LogP contribution in [0.1, 0.15) is 13.3 Å². The van der Waals surface area contributed by atoms with Crippen LogP contribution in [0.4, 0.5) is 0 Å². The van der Waals surface area contributed by atoms with E-state index in [-0.39, 0.29) is 17.1 Å². The Morgan fingerprint density at radius 1 is 1.67 bits per heavy atom. The maximum Gasteiger partial charge on any atom is 0.243 e. The van der Waals surface area contributed by atoms with Crippen LogP contribution in [0.2, 0.25) is 0 Å². The second kappa shape index (κ2) is 4.45. The first-order chi connectivity index (χ1) is 5.70. The SMILES string of the molecule is CCSC1CC(=O)N(CI)C1=O. The van der Waals surface area contributed by atoms with Gasteiger partial charge in [0.25, 0.3) is 0 Å². The number of rotatable bonds is 3. The molecule has 5 heteroatoms. The molecular formula is C7H10INO2S. The van der Waals surface area contributed by atoms with Crippen molar-refractivity contribution in [3.63, 3.8) is 0 Å². The molecule has 1 saturated heterocycles. The quantitative estimate of drug-likeness (QED) is 0.341. The van der Waals surface area contributed by atoms with Crippen molar-refractivity contribution in [2.24, 2.45) is 0 Å². The Kier molecular flexibility index (Phi) is 3.82. The predicted molar refractivity (Wildman–Crippen MR) is 57.3 cm³/mol. The van der Waals surface area contributed by atoms with Gasteiger partial charge in [-0.2, -0.15) is 0 Å². The summed E-state index contributed by atoms with van der Waals surface area (Å²) in [6.07, 6.45) is 0.389. The van der Waals surface area contributed by atoms with E-state index >= 15 is 0 Å². The lowest BCUT2D eigenvalue weighted by atomic mass is 10.4. The van der Waals surface area contributed by atoms with Crippen LogP contribution in [0.25, 0.3) is 0 Å². The van der Waals surface area contributed by atoms with Gasteiger partial charge in [-0.05, 0) is 5.75 Å². The molecule has 1 aliphatic rings. The second-order valence-electron chi connectivity index (χ2n) is 2.43. The van der Waals surface area contributed by atoms with Crippen LogP contribution in [0, 0.1) is 0 Å². The smallest absolute Gasteiger partial charge is 0.243 e. The first kappa shape index (κ1) is 10.3. The van der Waals surface area contributed by atoms with Gasteiger partial charge in [0.05, 0.1) is 9.80 Å². The van der Waals surface area contributed by atoms with E-state index in [4.69, 9.17) is 0 Å². The van der Waals surface area contributed by atoms with E-state index in [0.29, 0.717) is 11.0 Å². The van der Waals surface area contributed by atoms with Crippen molar-refractivity contribution in [1.29, 1.82) is 0 Å². The summed E-state index contributed by atoms with van der Waals surface area (Å²) in [5, 5.41) is -0.114. The van der Waals surface area contributed by atoms with Gasteiger partial charge < -0.3 is 0 Å². The van der Waals surface area contributed by atoms with Gasteiger partial charge in [-0.15, -0.1) is 11.8 Å². The summed E-state index contributed by atoms with van der Waals surface area (Å²) in [7, 11) is 0. The summed E-state index contributed by atoms with van der Waals surface area (Å²) < 4.78 is 0.482. The molecule has 0 aliphatic carbocycles. The predicted octanol–water partition coefficient (Wildman–Crippen LogP) is 1.26. The Morgan fingerprint density at radius 2 is 2.33 bits per heavy atom. The summed E-state index contributed by atoms with van der Waals surface area (Å²) in [5.74, 6) is 0.847. The summed E-state index contributed by atoms with van der Waals surface area (Å²) in [6.45, 7) is 2.00. The molecule has 2 amide bonds. The number of likely N-dealkylation sites (tertiary alicyclic amines) is 1. The lowest BCUT2D eigenvalue weighted by molar-refractivity contribution is -0.136. The van der Waals surface area contributed by atoms with Gasteiger partial charge in [0.15, 0.2) is 0 Å². The highest BCUT2D eigenvalue weighted by atomic mass is 127. The maximum atomic E-state index is 11.4. The number of imide groups is 1. The Hall–Kier alpha value is 0.220. The van der Waals surface area contributed by atoms with Gasteiger partial charge in [0.1, 0.15) is 0 Å². The molecule has 68 valence electrons. The normalized spacial score (nSPS) is 23.8. The van der Waals surface area contributed by atoms with E-state index in [1.54, 1.807) is 11.8 Å². The monoisotopic (exact) mass is 299 g/mol. The number of carbonyl (C=O) groups is 2. The standard InChI is InChI=1S/C7H10INO2S/c1-2-12-5-3-6(10)9(4-8)7(5)11/h5H,2-4H2,1H3. The fraction of sp³-hybridized carbons (Fsp3) is 0.714. The van der Waals surface area contributed by atoms with Gasteiger partial charge in [-0.3, -0.25) is 14.5 Å². The van der Waals surface area contributed by atoms with Crippen molar-refractivity contribution in [2.45, 2.75) is 18.6 Å². The minimum absolute atomic E-state index is 0.0127. The number of hydrogen-bond acceptors (Lipinski definition) is 3. The zero-order chi connectivity index (χ0) is 9.14. The molecule has 0 radical (unpaired) electrons. The fourth-order valence-electron chi connectivity index (χ4n) is 1.11. The number of nitrogens with zero attached hydrogens (tertiary/aromatic N) is 1. The van der Waals surface area contributed by atoms with E-state index in [2.05, 4.69) is 0 Å². The van der Waals surface area contributed by atoms with Gasteiger partial charge in [0, 0.05) is 6.42 Å². The Balaban J connectivity index is 2.62. The van der Waals surface area contributed by atoms with Crippen LogP contribution in [-0.4, -0.2) is 32.3 Å². The second-order valence-corrected chi connectivity index (χ2v) is 4.59. The molecule has 3 nitrogen and oxygen atoms in total. The first-order valence-corrected chi connectivity index (χ1v) is 6.30. The van der Waals surface area contributed by atoms with Gasteiger partial charge in [-0.1, -0.05) is 29.5 Å². The van der Waals surface area contributed by atoms with Crippen molar-refractivity contribution in [2.75, 3.05) is 10.3 Å². The molecule has 12 heavy (non-hydrogen) atoms. The van der Waals surface area contributed by atoms with Gasteiger partial charge in [0.2, 0.25) is 11.8 Å². The van der Waals surface area contributed by atoms with Crippen molar-refractivity contribution >= 4 is 46.2 Å². The van der Waals surface area contributed by atoms with E-state index in [1.165, 1.54) is 4.90 Å². The molecular weight excluding hydrogens is 289 g/mol. The highest BCUT2D eigenvalue weighted by Gasteiger charge is 2.37. The van der Waals surface area contributed by atoms with Crippen molar-refractivity contribution in [3.8, 4) is 0 Å². The van der Waals surface area contributed by atoms with Crippen LogP contribution < -0.4 is 0 Å². The molecule has 1 fully saturated rings. The zero-order valence-electron chi connectivity index (χ0n) is 6.75. The molecule has 0 saturated carbocycles. The Bertz CT molecular complexity index is 210. The van der Waals surface area contributed by atoms with E-state index in [9.17, 15) is 9.59 Å². The number of hydrogen-bond donors (Lipinski definition) is 0. The highest BCUT2D eigenvalue weighted by molar-refractivity contribution is 14.1. The number of thioether (sulfide) groups is 1. The fourth-order valence-corrected chi connectivity index (χ4v) is 2.76. The lowest BCUT2D eigenvalue weighted by Crippen LogP contribution is -2.29. The third kappa shape index (κ3) is 1.93. The third-order valence-corrected chi connectivity index (χ3v) is 3.48. The summed E-state index contributed by atoms with van der Waals surface area (Å²) >= 11 is 3.59. The minimum atomic E-state index is -0.114. The number of amides is 2. The van der Waals surface area contributed by atoms with Crippen LogP contribution in [0.3, 0.4) is 0 Å². The van der Waals surface area contributed by atoms with Crippen molar-refractivity contribution < 1.29 is 9.59 Å². The van der Waals surface area contributed by atoms with E-state index in [1.807, 2.05) is 29.5 Å². The Labute approximate surface area is 89.4 Å². The summed E-state index contributed by atoms with van der Waals surface area (Å²) in [4.78, 5) is 23.9. The van der Waals surface area contributed by atoms with Crippen molar-refractivity contribution in [1.82, 2.24) is 4.90 Å². The van der Waals surface area contributed by atoms with Crippen molar-refractivity contribution in [3.05, 3.63) is 0 Å². The molecule has 0 aromatic rings. The van der Waals surface area contributed by atoms with Crippen LogP contribution >= 0.6 is 34.4 Å². The summed E-state index contributed by atoms with van der Waals surface area (Å²) in [6, 6.07) is 0. The van der Waals surface area contributed by atoms with E-state index < -0.39 is 0 Å². The van der Waals surface area contributed by atoms with Gasteiger partial charge in [-0.25, -0.2) is 0 Å². The van der Waals surface area contributed by atoms with E-state index in [0.717, 1.165) is 5.75 Å². The molecule has 0 bridgehead atoms. The molecule has 0 spiro atoms. The topological polar surface area (TPSA) is 37.4 Å². The number of carbonyl (C=O) groups excluding carboxylic acids is 2. The van der Waals surface area contributed by atoms with Crippen LogP contribution in [0.15, 0.2) is 0 Å². The molecule has 1 aliphatic heterocycles. The average Bonchev–Trinajstić information content (AvgIpc) is 2.29. The lowest BCUT2D eigenvalue weighted by Gasteiger charge is -2.09. The van der Waals surface area contributed by atoms with Crippen LogP contribution in [0.5, 0.6) is 0 Å². The molecule has 0 aromatic heterocycles. The molecule has 1 rings (SSSR count). The molecule has 0 aromatic carbocycles. The maximum absolute atomic E-state index is 11.4. The molecule has 1 unspecified atom stereocenters. The largest absolute Gasteiger partial charge is 0.274 e. The average molecular weight is 299 g/mol. The molecule has 1 heterocycles. The number of alkyl halides is 1. The zero-order valence-corrected chi connectivity index (χ0v) is 9.72. The highest BCUT2D eigenvalue weighted by Crippen LogP contribution is 2.25. The first-order valence-electron chi connectivity index (χ1n) is 3.72. The number of halogens is 1. The summed E-state index contributed by atoms with van der Waals surface area (Å²) in [5.41, 5.74) is 0. The van der Waals surface area contributed by atoms with Gasteiger partial charge >= 0.3 is 0 Å². The Morgan fingerprint density at radius 3 is 2.75 bits per heavy atom. The minimum Gasteiger partial charge on any atom is -0.274 e. The third-order valence-electron chi connectivity index (χ3n) is 1.69. The van der Waals surface area contributed by atoms with Crippen LogP contribution in [-0.2, 0) is 9.59 Å².